The fourth-order valence-corrected chi connectivity index (χ4v) is 2.54. The Balaban J connectivity index is 2.10. The summed E-state index contributed by atoms with van der Waals surface area (Å²) in [6.07, 6.45) is 1.16. The van der Waals surface area contributed by atoms with E-state index in [2.05, 4.69) is 31.1 Å². The minimum atomic E-state index is 0.122. The van der Waals surface area contributed by atoms with Crippen LogP contribution in [0.4, 0.5) is 0 Å². The number of ether oxygens (including phenoxy) is 1. The Morgan fingerprint density at radius 3 is 3.08 bits per heavy atom. The second-order valence-corrected chi connectivity index (χ2v) is 4.75. The molecule has 2 heterocycles. The number of hydrogen-bond donors (Lipinski definition) is 1. The minimum Gasteiger partial charge on any atom is -0.360 e. The molecule has 0 aromatic rings. The van der Waals surface area contributed by atoms with E-state index in [0.717, 1.165) is 26.2 Å². The van der Waals surface area contributed by atoms with Gasteiger partial charge >= 0.3 is 0 Å². The smallest absolute Gasteiger partial charge is 0.0973 e. The number of rotatable bonds is 0. The highest BCUT2D eigenvalue weighted by atomic mass is 16.5. The maximum Gasteiger partial charge on any atom is 0.0973 e. The molecule has 0 amide bonds. The summed E-state index contributed by atoms with van der Waals surface area (Å²) in [6, 6.07) is 0.652. The summed E-state index contributed by atoms with van der Waals surface area (Å²) in [7, 11) is 2.21. The summed E-state index contributed by atoms with van der Waals surface area (Å²) in [5.41, 5.74) is 0.122. The van der Waals surface area contributed by atoms with Gasteiger partial charge < -0.3 is 9.64 Å². The summed E-state index contributed by atoms with van der Waals surface area (Å²) in [5.74, 6) is 0.655. The van der Waals surface area contributed by atoms with Crippen LogP contribution in [-0.4, -0.2) is 43.4 Å². The SMILES string of the molecule is CC1CC2(C)OCNCC2CN1C. The summed E-state index contributed by atoms with van der Waals surface area (Å²) in [5, 5.41) is 3.30. The maximum atomic E-state index is 5.85. The third-order valence-corrected chi connectivity index (χ3v) is 3.72. The largest absolute Gasteiger partial charge is 0.360 e. The van der Waals surface area contributed by atoms with Crippen molar-refractivity contribution < 1.29 is 4.74 Å². The fourth-order valence-electron chi connectivity index (χ4n) is 2.54. The molecular formula is C10H20N2O. The first-order valence-electron chi connectivity index (χ1n) is 5.17. The number of likely N-dealkylation sites (tertiary alicyclic amines) is 1. The van der Waals surface area contributed by atoms with Gasteiger partial charge in [-0.05, 0) is 27.3 Å². The molecule has 1 N–H and O–H groups in total. The number of nitrogens with zero attached hydrogens (tertiary/aromatic N) is 1. The van der Waals surface area contributed by atoms with Gasteiger partial charge in [-0.1, -0.05) is 0 Å². The third-order valence-electron chi connectivity index (χ3n) is 3.72. The van der Waals surface area contributed by atoms with Crippen LogP contribution in [0.2, 0.25) is 0 Å². The Morgan fingerprint density at radius 2 is 2.31 bits per heavy atom. The van der Waals surface area contributed by atoms with Crippen molar-refractivity contribution >= 4 is 0 Å². The number of fused-ring (bicyclic) bond motifs is 1. The zero-order valence-corrected chi connectivity index (χ0v) is 8.84. The summed E-state index contributed by atoms with van der Waals surface area (Å²) >= 11 is 0. The molecule has 2 fully saturated rings. The number of piperidine rings is 1. The van der Waals surface area contributed by atoms with E-state index in [4.69, 9.17) is 4.74 Å². The Bertz CT molecular complexity index is 197. The van der Waals surface area contributed by atoms with Crippen molar-refractivity contribution in [1.82, 2.24) is 10.2 Å². The van der Waals surface area contributed by atoms with Crippen molar-refractivity contribution in [2.45, 2.75) is 31.9 Å². The lowest BCUT2D eigenvalue weighted by Gasteiger charge is -2.50. The van der Waals surface area contributed by atoms with E-state index >= 15 is 0 Å². The Hall–Kier alpha value is -0.120. The summed E-state index contributed by atoms with van der Waals surface area (Å²) in [6.45, 7) is 7.54. The third kappa shape index (κ3) is 1.60. The van der Waals surface area contributed by atoms with E-state index in [1.807, 2.05) is 0 Å². The van der Waals surface area contributed by atoms with Crippen LogP contribution in [0.15, 0.2) is 0 Å². The van der Waals surface area contributed by atoms with Gasteiger partial charge in [0.25, 0.3) is 0 Å². The monoisotopic (exact) mass is 184 g/mol. The Kier molecular flexibility index (Phi) is 2.34. The van der Waals surface area contributed by atoms with Crippen molar-refractivity contribution in [2.75, 3.05) is 26.9 Å². The molecule has 0 saturated carbocycles. The molecule has 76 valence electrons. The van der Waals surface area contributed by atoms with Crippen LogP contribution in [0, 0.1) is 5.92 Å². The molecule has 0 aromatic heterocycles. The van der Waals surface area contributed by atoms with Gasteiger partial charge in [-0.25, -0.2) is 0 Å². The first-order chi connectivity index (χ1) is 6.12. The molecule has 13 heavy (non-hydrogen) atoms. The van der Waals surface area contributed by atoms with Gasteiger partial charge in [0.2, 0.25) is 0 Å². The lowest BCUT2D eigenvalue weighted by Crippen LogP contribution is -2.60. The van der Waals surface area contributed by atoms with Crippen LogP contribution in [-0.2, 0) is 4.74 Å². The highest BCUT2D eigenvalue weighted by molar-refractivity contribution is 4.96. The van der Waals surface area contributed by atoms with Crippen LogP contribution >= 0.6 is 0 Å². The van der Waals surface area contributed by atoms with E-state index in [1.54, 1.807) is 0 Å². The van der Waals surface area contributed by atoms with E-state index in [9.17, 15) is 0 Å². The molecule has 2 aliphatic rings. The average molecular weight is 184 g/mol. The van der Waals surface area contributed by atoms with E-state index < -0.39 is 0 Å². The highest BCUT2D eigenvalue weighted by Crippen LogP contribution is 2.35. The topological polar surface area (TPSA) is 24.5 Å². The van der Waals surface area contributed by atoms with Crippen LogP contribution in [0.3, 0.4) is 0 Å². The molecule has 3 heteroatoms. The molecule has 3 atom stereocenters. The molecule has 3 nitrogen and oxygen atoms in total. The van der Waals surface area contributed by atoms with Crippen molar-refractivity contribution in [3.63, 3.8) is 0 Å². The average Bonchev–Trinajstić information content (AvgIpc) is 2.07. The van der Waals surface area contributed by atoms with E-state index in [0.29, 0.717) is 12.0 Å². The molecule has 2 saturated heterocycles. The molecular weight excluding hydrogens is 164 g/mol. The zero-order chi connectivity index (χ0) is 9.47. The van der Waals surface area contributed by atoms with Crippen LogP contribution in [0.1, 0.15) is 20.3 Å². The molecule has 0 aliphatic carbocycles. The first-order valence-corrected chi connectivity index (χ1v) is 5.17. The molecule has 0 spiro atoms. The van der Waals surface area contributed by atoms with Gasteiger partial charge in [-0.3, -0.25) is 5.32 Å². The number of nitrogens with one attached hydrogen (secondary N) is 1. The molecule has 3 unspecified atom stereocenters. The first kappa shape index (κ1) is 9.44. The Morgan fingerprint density at radius 1 is 1.54 bits per heavy atom. The van der Waals surface area contributed by atoms with Gasteiger partial charge in [0.05, 0.1) is 12.3 Å². The van der Waals surface area contributed by atoms with Crippen molar-refractivity contribution in [1.29, 1.82) is 0 Å². The lowest BCUT2D eigenvalue weighted by molar-refractivity contribution is -0.150. The quantitative estimate of drug-likeness (QED) is 0.598. The van der Waals surface area contributed by atoms with Crippen molar-refractivity contribution in [3.05, 3.63) is 0 Å². The summed E-state index contributed by atoms with van der Waals surface area (Å²) in [4.78, 5) is 2.43. The second-order valence-electron chi connectivity index (χ2n) is 4.75. The molecule has 2 aliphatic heterocycles. The summed E-state index contributed by atoms with van der Waals surface area (Å²) < 4.78 is 5.85. The van der Waals surface area contributed by atoms with Crippen molar-refractivity contribution in [2.24, 2.45) is 5.92 Å². The van der Waals surface area contributed by atoms with Gasteiger partial charge in [0.15, 0.2) is 0 Å². The van der Waals surface area contributed by atoms with Crippen LogP contribution in [0.5, 0.6) is 0 Å². The predicted molar refractivity (Wildman–Crippen MR) is 52.6 cm³/mol. The van der Waals surface area contributed by atoms with Gasteiger partial charge in [0.1, 0.15) is 0 Å². The minimum absolute atomic E-state index is 0.122. The molecule has 2 rings (SSSR count). The molecule has 0 radical (unpaired) electrons. The van der Waals surface area contributed by atoms with Gasteiger partial charge in [0, 0.05) is 25.0 Å². The van der Waals surface area contributed by atoms with Gasteiger partial charge in [-0.15, -0.1) is 0 Å². The fraction of sp³-hybridized carbons (Fsp3) is 1.00. The highest BCUT2D eigenvalue weighted by Gasteiger charge is 2.43. The van der Waals surface area contributed by atoms with Crippen molar-refractivity contribution in [3.8, 4) is 0 Å². The van der Waals surface area contributed by atoms with Crippen LogP contribution in [0.25, 0.3) is 0 Å². The predicted octanol–water partition coefficient (Wildman–Crippen LogP) is 0.663. The van der Waals surface area contributed by atoms with E-state index in [1.165, 1.54) is 0 Å². The zero-order valence-electron chi connectivity index (χ0n) is 8.84. The van der Waals surface area contributed by atoms with Gasteiger partial charge in [-0.2, -0.15) is 0 Å². The standard InChI is InChI=1S/C10H20N2O/c1-8-4-10(2)9(6-12(8)3)5-11-7-13-10/h8-9,11H,4-7H2,1-3H3. The normalized spacial score (nSPS) is 47.3. The molecule has 0 bridgehead atoms. The number of hydrogen-bond acceptors (Lipinski definition) is 3. The van der Waals surface area contributed by atoms with E-state index in [-0.39, 0.29) is 5.60 Å². The second kappa shape index (κ2) is 3.23. The van der Waals surface area contributed by atoms with Crippen LogP contribution < -0.4 is 5.32 Å². The maximum absolute atomic E-state index is 5.85. The lowest BCUT2D eigenvalue weighted by atomic mass is 9.78. The Labute approximate surface area is 80.4 Å². The molecule has 0 aromatic carbocycles.